The lowest BCUT2D eigenvalue weighted by atomic mass is 10.3. The molecule has 1 aliphatic heterocycles. The number of hydrazine groups is 1. The number of hydrogen-bond donors (Lipinski definition) is 3. The maximum absolute atomic E-state index is 13.5. The second-order valence-corrected chi connectivity index (χ2v) is 5.31. The van der Waals surface area contributed by atoms with Crippen LogP contribution in [0.4, 0.5) is 13.6 Å². The Balaban J connectivity index is 2.80. The van der Waals surface area contributed by atoms with Gasteiger partial charge in [-0.2, -0.15) is 14.2 Å². The number of carbonyl (C=O) groups is 1. The topological polar surface area (TPSA) is 70.4 Å². The largest absolute Gasteiger partial charge is 0.340 e. The first-order valence-electron chi connectivity index (χ1n) is 4.10. The molecule has 1 fully saturated rings. The Morgan fingerprint density at radius 3 is 2.75 bits per heavy atom. The lowest BCUT2D eigenvalue weighted by molar-refractivity contribution is -0.0485. The van der Waals surface area contributed by atoms with Gasteiger partial charge in [0.2, 0.25) is 4.99 Å². The third kappa shape index (κ3) is 2.30. The summed E-state index contributed by atoms with van der Waals surface area (Å²) >= 11 is 11.0. The highest BCUT2D eigenvalue weighted by molar-refractivity contribution is 8.00. The second-order valence-electron chi connectivity index (χ2n) is 3.03. The van der Waals surface area contributed by atoms with Crippen molar-refractivity contribution < 1.29 is 13.6 Å². The normalized spacial score (nSPS) is 26.3. The summed E-state index contributed by atoms with van der Waals surface area (Å²) in [5.41, 5.74) is 7.61. The van der Waals surface area contributed by atoms with Crippen LogP contribution in [0.2, 0.25) is 0 Å². The van der Waals surface area contributed by atoms with Gasteiger partial charge < -0.3 is 5.32 Å². The van der Waals surface area contributed by atoms with Crippen LogP contribution in [0.25, 0.3) is 0 Å². The van der Waals surface area contributed by atoms with E-state index in [9.17, 15) is 13.6 Å². The number of hydrogen-bond acceptors (Lipinski definition) is 4. The number of nitrogens with two attached hydrogens (primary N) is 1. The fourth-order valence-electron chi connectivity index (χ4n) is 1.01. The molecule has 0 aromatic carbocycles. The van der Waals surface area contributed by atoms with E-state index in [1.807, 2.05) is 0 Å². The van der Waals surface area contributed by atoms with E-state index in [2.05, 4.69) is 10.7 Å². The molecule has 0 radical (unpaired) electrons. The molecule has 0 aliphatic carbocycles. The van der Waals surface area contributed by atoms with Crippen LogP contribution < -0.4 is 16.5 Å². The van der Waals surface area contributed by atoms with Crippen molar-refractivity contribution >= 4 is 41.0 Å². The number of rotatable bonds is 2. The average molecular weight is 295 g/mol. The van der Waals surface area contributed by atoms with Crippen LogP contribution in [-0.2, 0) is 0 Å². The number of carbonyl (C=O) groups excluding carboxylic acids is 1. The van der Waals surface area contributed by atoms with Crippen LogP contribution >= 0.6 is 35.0 Å². The molecule has 1 rings (SSSR count). The number of nitrogens with zero attached hydrogens (tertiary/aromatic N) is 1. The molecular weight excluding hydrogens is 285 g/mol. The van der Waals surface area contributed by atoms with E-state index in [1.54, 1.807) is 0 Å². The van der Waals surface area contributed by atoms with Crippen molar-refractivity contribution in [2.75, 3.05) is 12.9 Å². The lowest BCUT2D eigenvalue weighted by Gasteiger charge is -2.33. The van der Waals surface area contributed by atoms with Crippen molar-refractivity contribution in [3.05, 3.63) is 0 Å². The fraction of sp³-hybridized carbons (Fsp3) is 0.833. The number of nitrogens with one attached hydrogen (secondary N) is 2. The Bertz CT molecular complexity index is 296. The summed E-state index contributed by atoms with van der Waals surface area (Å²) in [6.45, 7) is 0. The van der Waals surface area contributed by atoms with Crippen molar-refractivity contribution in [1.29, 1.82) is 0 Å². The summed E-state index contributed by atoms with van der Waals surface area (Å²) in [5, 5.41) is 3.20. The lowest BCUT2D eigenvalue weighted by Crippen LogP contribution is -2.66. The minimum atomic E-state index is -3.58. The summed E-state index contributed by atoms with van der Waals surface area (Å²) in [6.07, 6.45) is 0. The van der Waals surface area contributed by atoms with Crippen molar-refractivity contribution in [3.63, 3.8) is 0 Å². The van der Waals surface area contributed by atoms with E-state index < -0.39 is 21.8 Å². The van der Waals surface area contributed by atoms with E-state index in [4.69, 9.17) is 28.9 Å². The highest BCUT2D eigenvalue weighted by Gasteiger charge is 2.60. The molecule has 1 atom stereocenters. The molecule has 94 valence electrons. The summed E-state index contributed by atoms with van der Waals surface area (Å²) in [5.74, 6) is -3.62. The van der Waals surface area contributed by atoms with E-state index >= 15 is 0 Å². The SMILES string of the molecule is CNC(=O)N1CSC(N)(C(F)(F)C(Cl)Cl)N1. The number of urea groups is 1. The van der Waals surface area contributed by atoms with Gasteiger partial charge in [0.1, 0.15) is 0 Å². The van der Waals surface area contributed by atoms with Crippen molar-refractivity contribution in [3.8, 4) is 0 Å². The predicted octanol–water partition coefficient (Wildman–Crippen LogP) is 0.888. The Hall–Kier alpha value is -0.0200. The summed E-state index contributed by atoms with van der Waals surface area (Å²) in [4.78, 5) is 7.00. The molecule has 1 heterocycles. The molecule has 1 aliphatic rings. The summed E-state index contributed by atoms with van der Waals surface area (Å²) < 4.78 is 27.1. The minimum Gasteiger partial charge on any atom is -0.340 e. The molecule has 0 saturated carbocycles. The Morgan fingerprint density at radius 1 is 1.75 bits per heavy atom. The first kappa shape index (κ1) is 14.0. The second kappa shape index (κ2) is 4.69. The monoisotopic (exact) mass is 294 g/mol. The predicted molar refractivity (Wildman–Crippen MR) is 59.2 cm³/mol. The zero-order valence-corrected chi connectivity index (χ0v) is 10.5. The van der Waals surface area contributed by atoms with Crippen LogP contribution in [0.5, 0.6) is 0 Å². The minimum absolute atomic E-state index is 0.0355. The molecule has 0 spiro atoms. The van der Waals surface area contributed by atoms with Gasteiger partial charge in [-0.05, 0) is 0 Å². The molecule has 10 heteroatoms. The molecule has 5 nitrogen and oxygen atoms in total. The van der Waals surface area contributed by atoms with Gasteiger partial charge in [-0.25, -0.2) is 9.80 Å². The standard InChI is InChI=1S/C6H10Cl2F2N4OS/c1-12-4(15)14-2-16-6(11,13-14)5(9,10)3(7)8/h3,13H,2,11H2,1H3,(H,12,15). The molecule has 0 bridgehead atoms. The van der Waals surface area contributed by atoms with Crippen LogP contribution in [0.1, 0.15) is 0 Å². The number of amides is 2. The molecule has 4 N–H and O–H groups in total. The zero-order chi connectivity index (χ0) is 12.6. The number of alkyl halides is 4. The van der Waals surface area contributed by atoms with Gasteiger partial charge in [0.05, 0.1) is 5.88 Å². The average Bonchev–Trinajstić information content (AvgIpc) is 2.61. The quantitative estimate of drug-likeness (QED) is 0.662. The molecule has 1 unspecified atom stereocenters. The van der Waals surface area contributed by atoms with Crippen molar-refractivity contribution in [2.24, 2.45) is 5.73 Å². The van der Waals surface area contributed by atoms with Crippen molar-refractivity contribution in [1.82, 2.24) is 15.8 Å². The maximum atomic E-state index is 13.5. The van der Waals surface area contributed by atoms with Gasteiger partial charge in [-0.15, -0.1) is 0 Å². The smallest absolute Gasteiger partial charge is 0.332 e. The van der Waals surface area contributed by atoms with E-state index in [-0.39, 0.29) is 5.88 Å². The van der Waals surface area contributed by atoms with E-state index in [1.165, 1.54) is 7.05 Å². The highest BCUT2D eigenvalue weighted by Crippen LogP contribution is 2.43. The summed E-state index contributed by atoms with van der Waals surface area (Å²) in [6, 6.07) is -0.573. The van der Waals surface area contributed by atoms with Gasteiger partial charge in [-0.3, -0.25) is 5.73 Å². The zero-order valence-electron chi connectivity index (χ0n) is 8.14. The fourth-order valence-corrected chi connectivity index (χ4v) is 2.48. The molecule has 1 saturated heterocycles. The van der Waals surface area contributed by atoms with Gasteiger partial charge in [0.25, 0.3) is 0 Å². The molecular formula is C6H10Cl2F2N4OS. The first-order chi connectivity index (χ1) is 7.24. The number of thioether (sulfide) groups is 1. The summed E-state index contributed by atoms with van der Waals surface area (Å²) in [7, 11) is 1.37. The van der Waals surface area contributed by atoms with Crippen LogP contribution in [0.3, 0.4) is 0 Å². The molecule has 0 aromatic heterocycles. The van der Waals surface area contributed by atoms with Crippen LogP contribution in [0, 0.1) is 0 Å². The Kier molecular flexibility index (Phi) is 4.12. The highest BCUT2D eigenvalue weighted by atomic mass is 35.5. The van der Waals surface area contributed by atoms with Gasteiger partial charge in [-0.1, -0.05) is 35.0 Å². The Labute approximate surface area is 105 Å². The number of halogens is 4. The van der Waals surface area contributed by atoms with Gasteiger partial charge in [0.15, 0.2) is 4.84 Å². The maximum Gasteiger partial charge on any atom is 0.332 e. The van der Waals surface area contributed by atoms with Gasteiger partial charge in [0, 0.05) is 7.05 Å². The van der Waals surface area contributed by atoms with E-state index in [0.29, 0.717) is 11.8 Å². The van der Waals surface area contributed by atoms with Crippen LogP contribution in [0.15, 0.2) is 0 Å². The third-order valence-electron chi connectivity index (χ3n) is 1.95. The molecule has 16 heavy (non-hydrogen) atoms. The van der Waals surface area contributed by atoms with Crippen molar-refractivity contribution in [2.45, 2.75) is 15.8 Å². The molecule has 2 amide bonds. The third-order valence-corrected chi connectivity index (χ3v) is 3.70. The van der Waals surface area contributed by atoms with E-state index in [0.717, 1.165) is 5.01 Å². The van der Waals surface area contributed by atoms with Gasteiger partial charge >= 0.3 is 12.0 Å². The Morgan fingerprint density at radius 2 is 2.31 bits per heavy atom. The van der Waals surface area contributed by atoms with Crippen LogP contribution in [-0.4, -0.2) is 39.7 Å². The first-order valence-corrected chi connectivity index (χ1v) is 5.96. The molecule has 0 aromatic rings.